The van der Waals surface area contributed by atoms with Crippen molar-refractivity contribution in [2.24, 2.45) is 5.73 Å². The lowest BCUT2D eigenvalue weighted by Crippen LogP contribution is -2.23. The van der Waals surface area contributed by atoms with Crippen molar-refractivity contribution >= 4 is 0 Å². The third-order valence-corrected chi connectivity index (χ3v) is 2.90. The van der Waals surface area contributed by atoms with Crippen LogP contribution in [0, 0.1) is 6.92 Å². The SMILES string of the molecule is COc1cccc(C)c1C(C)(C)CCN. The first-order chi connectivity index (χ1) is 7.03. The summed E-state index contributed by atoms with van der Waals surface area (Å²) >= 11 is 0. The van der Waals surface area contributed by atoms with Crippen molar-refractivity contribution in [1.82, 2.24) is 0 Å². The van der Waals surface area contributed by atoms with E-state index in [4.69, 9.17) is 10.5 Å². The van der Waals surface area contributed by atoms with Gasteiger partial charge in [0.15, 0.2) is 0 Å². The topological polar surface area (TPSA) is 35.2 Å². The zero-order valence-electron chi connectivity index (χ0n) is 10.1. The lowest BCUT2D eigenvalue weighted by Gasteiger charge is -2.28. The van der Waals surface area contributed by atoms with E-state index in [2.05, 4.69) is 26.8 Å². The van der Waals surface area contributed by atoms with Gasteiger partial charge in [0, 0.05) is 5.56 Å². The van der Waals surface area contributed by atoms with Crippen molar-refractivity contribution in [2.45, 2.75) is 32.6 Å². The third-order valence-electron chi connectivity index (χ3n) is 2.90. The summed E-state index contributed by atoms with van der Waals surface area (Å²) in [6, 6.07) is 6.16. The van der Waals surface area contributed by atoms with Crippen molar-refractivity contribution in [3.05, 3.63) is 29.3 Å². The first-order valence-electron chi connectivity index (χ1n) is 5.37. The minimum absolute atomic E-state index is 0.0748. The molecule has 0 fully saturated rings. The number of aryl methyl sites for hydroxylation is 1. The molecule has 0 atom stereocenters. The van der Waals surface area contributed by atoms with Gasteiger partial charge in [-0.05, 0) is 36.9 Å². The summed E-state index contributed by atoms with van der Waals surface area (Å²) in [6.45, 7) is 7.25. The van der Waals surface area contributed by atoms with Gasteiger partial charge in [-0.1, -0.05) is 26.0 Å². The van der Waals surface area contributed by atoms with Crippen molar-refractivity contribution < 1.29 is 4.74 Å². The van der Waals surface area contributed by atoms with Gasteiger partial charge in [-0.3, -0.25) is 0 Å². The molecule has 2 N–H and O–H groups in total. The molecule has 15 heavy (non-hydrogen) atoms. The van der Waals surface area contributed by atoms with Gasteiger partial charge in [-0.2, -0.15) is 0 Å². The van der Waals surface area contributed by atoms with Gasteiger partial charge in [-0.15, -0.1) is 0 Å². The molecule has 0 saturated heterocycles. The van der Waals surface area contributed by atoms with Crippen LogP contribution in [0.1, 0.15) is 31.4 Å². The van der Waals surface area contributed by atoms with Crippen LogP contribution >= 0.6 is 0 Å². The molecule has 2 heteroatoms. The molecule has 2 nitrogen and oxygen atoms in total. The van der Waals surface area contributed by atoms with Gasteiger partial charge in [-0.25, -0.2) is 0 Å². The number of hydrogen-bond acceptors (Lipinski definition) is 2. The number of hydrogen-bond donors (Lipinski definition) is 1. The van der Waals surface area contributed by atoms with Gasteiger partial charge >= 0.3 is 0 Å². The molecule has 0 saturated carbocycles. The van der Waals surface area contributed by atoms with E-state index in [9.17, 15) is 0 Å². The fraction of sp³-hybridized carbons (Fsp3) is 0.538. The summed E-state index contributed by atoms with van der Waals surface area (Å²) in [5.74, 6) is 0.966. The van der Waals surface area contributed by atoms with Crippen LogP contribution < -0.4 is 10.5 Å². The molecule has 0 radical (unpaired) electrons. The van der Waals surface area contributed by atoms with Gasteiger partial charge in [0.1, 0.15) is 5.75 Å². The predicted molar refractivity (Wildman–Crippen MR) is 64.4 cm³/mol. The normalized spacial score (nSPS) is 11.5. The van der Waals surface area contributed by atoms with Crippen molar-refractivity contribution in [2.75, 3.05) is 13.7 Å². The van der Waals surface area contributed by atoms with E-state index in [0.29, 0.717) is 6.54 Å². The number of nitrogens with two attached hydrogens (primary N) is 1. The quantitative estimate of drug-likeness (QED) is 0.823. The van der Waals surface area contributed by atoms with Crippen LogP contribution in [0.15, 0.2) is 18.2 Å². The molecule has 0 heterocycles. The Morgan fingerprint density at radius 2 is 2.00 bits per heavy atom. The molecular formula is C13H21NO. The molecule has 0 bridgehead atoms. The summed E-state index contributed by atoms with van der Waals surface area (Å²) in [5.41, 5.74) is 8.27. The minimum atomic E-state index is 0.0748. The number of rotatable bonds is 4. The smallest absolute Gasteiger partial charge is 0.122 e. The van der Waals surface area contributed by atoms with Crippen LogP contribution in [0.2, 0.25) is 0 Å². The molecule has 0 unspecified atom stereocenters. The van der Waals surface area contributed by atoms with E-state index < -0.39 is 0 Å². The summed E-state index contributed by atoms with van der Waals surface area (Å²) in [5, 5.41) is 0. The average Bonchev–Trinajstić information content (AvgIpc) is 2.16. The Balaban J connectivity index is 3.21. The summed E-state index contributed by atoms with van der Waals surface area (Å²) in [6.07, 6.45) is 0.966. The monoisotopic (exact) mass is 207 g/mol. The van der Waals surface area contributed by atoms with E-state index in [1.165, 1.54) is 11.1 Å². The zero-order valence-corrected chi connectivity index (χ0v) is 10.1. The lowest BCUT2D eigenvalue weighted by molar-refractivity contribution is 0.385. The Hall–Kier alpha value is -1.02. The number of ether oxygens (including phenoxy) is 1. The van der Waals surface area contributed by atoms with Crippen LogP contribution in [-0.2, 0) is 5.41 Å². The van der Waals surface area contributed by atoms with Crippen molar-refractivity contribution in [3.8, 4) is 5.75 Å². The maximum atomic E-state index is 5.65. The number of methoxy groups -OCH3 is 1. The highest BCUT2D eigenvalue weighted by molar-refractivity contribution is 5.44. The molecule has 0 aliphatic heterocycles. The zero-order chi connectivity index (χ0) is 11.5. The van der Waals surface area contributed by atoms with Crippen molar-refractivity contribution in [1.29, 1.82) is 0 Å². The van der Waals surface area contributed by atoms with Crippen molar-refractivity contribution in [3.63, 3.8) is 0 Å². The second-order valence-corrected chi connectivity index (χ2v) is 4.57. The Labute approximate surface area is 92.4 Å². The molecule has 0 spiro atoms. The van der Waals surface area contributed by atoms with Gasteiger partial charge in [0.05, 0.1) is 7.11 Å². The van der Waals surface area contributed by atoms with Crippen LogP contribution in [-0.4, -0.2) is 13.7 Å². The van der Waals surface area contributed by atoms with Gasteiger partial charge < -0.3 is 10.5 Å². The maximum Gasteiger partial charge on any atom is 0.122 e. The molecular weight excluding hydrogens is 186 g/mol. The summed E-state index contributed by atoms with van der Waals surface area (Å²) < 4.78 is 5.42. The Morgan fingerprint density at radius 1 is 1.33 bits per heavy atom. The standard InChI is InChI=1S/C13H21NO/c1-10-6-5-7-11(15-4)12(10)13(2,3)8-9-14/h5-7H,8-9,14H2,1-4H3. The van der Waals surface area contributed by atoms with Crippen LogP contribution in [0.3, 0.4) is 0 Å². The molecule has 1 aromatic carbocycles. The Kier molecular flexibility index (Phi) is 3.75. The van der Waals surface area contributed by atoms with E-state index in [1.54, 1.807) is 7.11 Å². The lowest BCUT2D eigenvalue weighted by atomic mass is 9.79. The molecule has 0 amide bonds. The second-order valence-electron chi connectivity index (χ2n) is 4.57. The molecule has 84 valence electrons. The fourth-order valence-electron chi connectivity index (χ4n) is 2.16. The van der Waals surface area contributed by atoms with E-state index in [-0.39, 0.29) is 5.41 Å². The third kappa shape index (κ3) is 2.51. The van der Waals surface area contributed by atoms with Crippen LogP contribution in [0.25, 0.3) is 0 Å². The van der Waals surface area contributed by atoms with Gasteiger partial charge in [0.25, 0.3) is 0 Å². The van der Waals surface area contributed by atoms with Crippen LogP contribution in [0.5, 0.6) is 5.75 Å². The number of benzene rings is 1. The minimum Gasteiger partial charge on any atom is -0.496 e. The highest BCUT2D eigenvalue weighted by Crippen LogP contribution is 2.36. The predicted octanol–water partition coefficient (Wildman–Crippen LogP) is 2.63. The maximum absolute atomic E-state index is 5.65. The first kappa shape index (κ1) is 12.1. The molecule has 0 aliphatic rings. The summed E-state index contributed by atoms with van der Waals surface area (Å²) in [4.78, 5) is 0. The average molecular weight is 207 g/mol. The van der Waals surface area contributed by atoms with E-state index in [1.807, 2.05) is 12.1 Å². The Bertz CT molecular complexity index is 331. The summed E-state index contributed by atoms with van der Waals surface area (Å²) in [7, 11) is 1.72. The first-order valence-corrected chi connectivity index (χ1v) is 5.37. The highest BCUT2D eigenvalue weighted by atomic mass is 16.5. The second kappa shape index (κ2) is 4.67. The molecule has 1 aromatic rings. The fourth-order valence-corrected chi connectivity index (χ4v) is 2.16. The van der Waals surface area contributed by atoms with Gasteiger partial charge in [0.2, 0.25) is 0 Å². The van der Waals surface area contributed by atoms with Crippen LogP contribution in [0.4, 0.5) is 0 Å². The Morgan fingerprint density at radius 3 is 2.53 bits per heavy atom. The molecule has 0 aromatic heterocycles. The molecule has 0 aliphatic carbocycles. The van der Waals surface area contributed by atoms with E-state index >= 15 is 0 Å². The largest absolute Gasteiger partial charge is 0.496 e. The highest BCUT2D eigenvalue weighted by Gasteiger charge is 2.25. The van der Waals surface area contributed by atoms with E-state index in [0.717, 1.165) is 12.2 Å². The molecule has 1 rings (SSSR count).